The number of aliphatic hydroxyl groups is 4. The first kappa shape index (κ1) is 34.5. The van der Waals surface area contributed by atoms with Gasteiger partial charge in [0.05, 0.1) is 33.0 Å². The normalized spacial score (nSPS) is 27.6. The zero-order valence-electron chi connectivity index (χ0n) is 22.4. The maximum absolute atomic E-state index is 10.5. The lowest BCUT2D eigenvalue weighted by molar-refractivity contribution is -0.368. The standard InChI is InChI=1S/C23H46O14/c1-6-29-11-16(24)33-10-15-20(35-17(25)12-30-7-2)21(36-18(26)13-31-8-3)22(23(28-5)34-15)37-19(27)14-32-9-4/h15-27H,6-14H2,1-5H3/t15-,16?,17?,18?,19?,20-,21+,22-,23+/m1/s1. The Morgan fingerprint density at radius 2 is 1.00 bits per heavy atom. The Labute approximate surface area is 218 Å². The van der Waals surface area contributed by atoms with Crippen LogP contribution >= 0.6 is 0 Å². The van der Waals surface area contributed by atoms with Gasteiger partial charge in [-0.25, -0.2) is 0 Å². The molecule has 1 aliphatic rings. The molecule has 14 heteroatoms. The molecule has 9 atom stereocenters. The minimum absolute atomic E-state index is 0.0717. The summed E-state index contributed by atoms with van der Waals surface area (Å²) >= 11 is 0. The summed E-state index contributed by atoms with van der Waals surface area (Å²) in [5.41, 5.74) is 0. The third kappa shape index (κ3) is 13.4. The quantitative estimate of drug-likeness (QED) is 0.121. The fraction of sp³-hybridized carbons (Fsp3) is 1.00. The third-order valence-corrected chi connectivity index (χ3v) is 5.08. The van der Waals surface area contributed by atoms with Crippen LogP contribution in [0.5, 0.6) is 0 Å². The predicted molar refractivity (Wildman–Crippen MR) is 126 cm³/mol. The van der Waals surface area contributed by atoms with E-state index < -0.39 is 55.9 Å². The molecule has 4 N–H and O–H groups in total. The van der Waals surface area contributed by atoms with Crippen LogP contribution in [0, 0.1) is 0 Å². The lowest BCUT2D eigenvalue weighted by atomic mass is 9.98. The molecule has 1 rings (SSSR count). The Hall–Kier alpha value is -0.560. The molecule has 37 heavy (non-hydrogen) atoms. The van der Waals surface area contributed by atoms with Crippen LogP contribution in [0.2, 0.25) is 0 Å². The van der Waals surface area contributed by atoms with Gasteiger partial charge in [-0.3, -0.25) is 0 Å². The van der Waals surface area contributed by atoms with E-state index in [1.165, 1.54) is 7.11 Å². The summed E-state index contributed by atoms with van der Waals surface area (Å²) < 4.78 is 55.1. The average Bonchev–Trinajstić information content (AvgIpc) is 2.89. The SMILES string of the molecule is CCOCC(O)OC[C@H]1O[C@H](OC)[C@H](OC(O)COCC)[C@@H](OC(O)COCC)[C@@H]1OC(O)COCC. The molecule has 4 unspecified atom stereocenters. The van der Waals surface area contributed by atoms with Crippen molar-refractivity contribution in [1.29, 1.82) is 0 Å². The second-order valence-corrected chi connectivity index (χ2v) is 7.87. The van der Waals surface area contributed by atoms with Crippen LogP contribution in [0.25, 0.3) is 0 Å². The zero-order valence-corrected chi connectivity index (χ0v) is 22.4. The number of hydrogen-bond acceptors (Lipinski definition) is 14. The molecule has 0 aromatic carbocycles. The Morgan fingerprint density at radius 3 is 1.43 bits per heavy atom. The lowest BCUT2D eigenvalue weighted by Crippen LogP contribution is -2.64. The molecule has 1 saturated heterocycles. The van der Waals surface area contributed by atoms with Crippen molar-refractivity contribution in [2.45, 2.75) is 83.6 Å². The van der Waals surface area contributed by atoms with Crippen LogP contribution in [0.15, 0.2) is 0 Å². The molecular formula is C23H46O14. The van der Waals surface area contributed by atoms with Gasteiger partial charge in [0.2, 0.25) is 0 Å². The predicted octanol–water partition coefficient (Wildman–Crippen LogP) is -1.05. The molecule has 1 aliphatic heterocycles. The van der Waals surface area contributed by atoms with Crippen molar-refractivity contribution >= 4 is 0 Å². The summed E-state index contributed by atoms with van der Waals surface area (Å²) in [7, 11) is 1.36. The Balaban J connectivity index is 3.22. The van der Waals surface area contributed by atoms with Crippen molar-refractivity contribution in [1.82, 2.24) is 0 Å². The molecule has 14 nitrogen and oxygen atoms in total. The zero-order chi connectivity index (χ0) is 27.6. The fourth-order valence-corrected chi connectivity index (χ4v) is 3.46. The number of rotatable bonds is 22. The van der Waals surface area contributed by atoms with Crippen molar-refractivity contribution in [2.75, 3.05) is 66.6 Å². The summed E-state index contributed by atoms with van der Waals surface area (Å²) in [6.45, 7) is 7.70. The molecule has 0 saturated carbocycles. The van der Waals surface area contributed by atoms with E-state index in [0.717, 1.165) is 0 Å². The van der Waals surface area contributed by atoms with E-state index in [2.05, 4.69) is 0 Å². The van der Waals surface area contributed by atoms with E-state index in [0.29, 0.717) is 26.4 Å². The highest BCUT2D eigenvalue weighted by Gasteiger charge is 2.51. The molecule has 0 aliphatic carbocycles. The first-order valence-electron chi connectivity index (χ1n) is 12.6. The van der Waals surface area contributed by atoms with Crippen molar-refractivity contribution in [3.05, 3.63) is 0 Å². The van der Waals surface area contributed by atoms with Gasteiger partial charge in [0.15, 0.2) is 31.5 Å². The molecule has 0 bridgehead atoms. The van der Waals surface area contributed by atoms with E-state index >= 15 is 0 Å². The van der Waals surface area contributed by atoms with Crippen molar-refractivity contribution < 1.29 is 67.8 Å². The van der Waals surface area contributed by atoms with E-state index in [-0.39, 0.29) is 33.0 Å². The second kappa shape index (κ2) is 20.4. The molecule has 222 valence electrons. The van der Waals surface area contributed by atoms with Gasteiger partial charge in [-0.05, 0) is 27.7 Å². The Kier molecular flexibility index (Phi) is 19.0. The number of ether oxygens (including phenoxy) is 10. The summed E-state index contributed by atoms with van der Waals surface area (Å²) in [5.74, 6) is 0. The van der Waals surface area contributed by atoms with Crippen molar-refractivity contribution in [3.63, 3.8) is 0 Å². The topological polar surface area (TPSA) is 173 Å². The largest absolute Gasteiger partial charge is 0.376 e. The highest BCUT2D eigenvalue weighted by molar-refractivity contribution is 4.93. The smallest absolute Gasteiger partial charge is 0.186 e. The summed E-state index contributed by atoms with van der Waals surface area (Å²) in [6, 6.07) is 0. The molecular weight excluding hydrogens is 500 g/mol. The second-order valence-electron chi connectivity index (χ2n) is 7.87. The van der Waals surface area contributed by atoms with Crippen LogP contribution in [0.1, 0.15) is 27.7 Å². The van der Waals surface area contributed by atoms with Gasteiger partial charge in [0.1, 0.15) is 24.4 Å². The van der Waals surface area contributed by atoms with Gasteiger partial charge in [-0.1, -0.05) is 0 Å². The summed E-state index contributed by atoms with van der Waals surface area (Å²) in [6.07, 6.45) is -11.0. The highest BCUT2D eigenvalue weighted by Crippen LogP contribution is 2.31. The summed E-state index contributed by atoms with van der Waals surface area (Å²) in [5, 5.41) is 41.4. The summed E-state index contributed by atoms with van der Waals surface area (Å²) in [4.78, 5) is 0. The minimum Gasteiger partial charge on any atom is -0.376 e. The minimum atomic E-state index is -1.42. The van der Waals surface area contributed by atoms with Gasteiger partial charge in [0.25, 0.3) is 0 Å². The van der Waals surface area contributed by atoms with Gasteiger partial charge in [-0.15, -0.1) is 0 Å². The van der Waals surface area contributed by atoms with Crippen LogP contribution in [0.3, 0.4) is 0 Å². The molecule has 1 heterocycles. The Morgan fingerprint density at radius 1 is 0.595 bits per heavy atom. The maximum atomic E-state index is 10.5. The molecule has 0 aromatic heterocycles. The van der Waals surface area contributed by atoms with Crippen LogP contribution in [0.4, 0.5) is 0 Å². The monoisotopic (exact) mass is 546 g/mol. The number of aliphatic hydroxyl groups excluding tert-OH is 4. The number of hydrogen-bond donors (Lipinski definition) is 4. The van der Waals surface area contributed by atoms with Gasteiger partial charge in [-0.2, -0.15) is 0 Å². The van der Waals surface area contributed by atoms with E-state index in [1.807, 2.05) is 0 Å². The average molecular weight is 547 g/mol. The fourth-order valence-electron chi connectivity index (χ4n) is 3.46. The number of methoxy groups -OCH3 is 1. The molecule has 1 fully saturated rings. The highest BCUT2D eigenvalue weighted by atomic mass is 16.8. The first-order valence-corrected chi connectivity index (χ1v) is 12.6. The van der Waals surface area contributed by atoms with Gasteiger partial charge < -0.3 is 67.8 Å². The molecule has 0 spiro atoms. The van der Waals surface area contributed by atoms with Crippen LogP contribution < -0.4 is 0 Å². The lowest BCUT2D eigenvalue weighted by Gasteiger charge is -2.46. The van der Waals surface area contributed by atoms with E-state index in [1.54, 1.807) is 27.7 Å². The maximum Gasteiger partial charge on any atom is 0.186 e. The van der Waals surface area contributed by atoms with Gasteiger partial charge in [0, 0.05) is 33.5 Å². The van der Waals surface area contributed by atoms with E-state index in [4.69, 9.17) is 47.4 Å². The van der Waals surface area contributed by atoms with Crippen molar-refractivity contribution in [2.24, 2.45) is 0 Å². The molecule has 0 amide bonds. The van der Waals surface area contributed by atoms with Crippen molar-refractivity contribution in [3.8, 4) is 0 Å². The van der Waals surface area contributed by atoms with Gasteiger partial charge >= 0.3 is 0 Å². The first-order chi connectivity index (χ1) is 17.8. The van der Waals surface area contributed by atoms with Crippen LogP contribution in [-0.4, -0.2) is 143 Å². The van der Waals surface area contributed by atoms with Crippen LogP contribution in [-0.2, 0) is 47.4 Å². The van der Waals surface area contributed by atoms with E-state index in [9.17, 15) is 20.4 Å². The third-order valence-electron chi connectivity index (χ3n) is 5.08. The molecule has 0 aromatic rings. The molecule has 0 radical (unpaired) electrons. The Bertz CT molecular complexity index is 544.